The van der Waals surface area contributed by atoms with E-state index in [2.05, 4.69) is 15.5 Å². The number of hydrogen-bond donors (Lipinski definition) is 1. The molecule has 1 N–H and O–H groups in total. The fraction of sp³-hybridized carbons (Fsp3) is 0.789. The number of ether oxygens (including phenoxy) is 1. The van der Waals surface area contributed by atoms with Crippen molar-refractivity contribution in [1.82, 2.24) is 20.4 Å². The molecule has 1 aliphatic carbocycles. The van der Waals surface area contributed by atoms with E-state index in [9.17, 15) is 9.59 Å². The molecule has 27 heavy (non-hydrogen) atoms. The number of methoxy groups -OCH3 is 1. The number of piperidine rings is 1. The van der Waals surface area contributed by atoms with Gasteiger partial charge >= 0.3 is 0 Å². The first-order chi connectivity index (χ1) is 13.2. The fourth-order valence-corrected chi connectivity index (χ4v) is 3.95. The maximum atomic E-state index is 12.5. The molecular weight excluding hydrogens is 348 g/mol. The smallest absolute Gasteiger partial charge is 0.246 e. The van der Waals surface area contributed by atoms with Gasteiger partial charge in [0.1, 0.15) is 0 Å². The van der Waals surface area contributed by atoms with Crippen LogP contribution in [0.2, 0.25) is 0 Å². The van der Waals surface area contributed by atoms with Crippen molar-refractivity contribution in [1.29, 1.82) is 0 Å². The second-order valence-corrected chi connectivity index (χ2v) is 7.60. The normalized spacial score (nSPS) is 21.4. The molecule has 2 fully saturated rings. The number of aromatic nitrogens is 2. The van der Waals surface area contributed by atoms with E-state index in [1.807, 2.05) is 4.90 Å². The van der Waals surface area contributed by atoms with Gasteiger partial charge in [-0.3, -0.25) is 9.59 Å². The summed E-state index contributed by atoms with van der Waals surface area (Å²) in [6.07, 6.45) is 7.85. The van der Waals surface area contributed by atoms with Crippen molar-refractivity contribution in [2.24, 2.45) is 11.8 Å². The highest BCUT2D eigenvalue weighted by molar-refractivity contribution is 5.83. The number of carbonyl (C=O) groups excluding carboxylic acids is 2. The van der Waals surface area contributed by atoms with Crippen molar-refractivity contribution < 1.29 is 18.8 Å². The van der Waals surface area contributed by atoms with Crippen LogP contribution < -0.4 is 5.32 Å². The molecule has 0 aromatic carbocycles. The molecule has 1 aromatic rings. The molecule has 1 saturated heterocycles. The zero-order valence-electron chi connectivity index (χ0n) is 16.1. The first-order valence-corrected chi connectivity index (χ1v) is 10.0. The Morgan fingerprint density at radius 3 is 2.89 bits per heavy atom. The Labute approximate surface area is 160 Å². The number of nitrogens with zero attached hydrogens (tertiary/aromatic N) is 3. The molecule has 0 bridgehead atoms. The third-order valence-electron chi connectivity index (χ3n) is 5.53. The molecule has 2 amide bonds. The molecule has 0 spiro atoms. The second kappa shape index (κ2) is 9.82. The van der Waals surface area contributed by atoms with Crippen molar-refractivity contribution in [3.63, 3.8) is 0 Å². The van der Waals surface area contributed by atoms with Crippen molar-refractivity contribution in [2.45, 2.75) is 57.9 Å². The lowest BCUT2D eigenvalue weighted by atomic mass is 9.87. The maximum Gasteiger partial charge on any atom is 0.246 e. The monoisotopic (exact) mass is 378 g/mol. The third-order valence-corrected chi connectivity index (χ3v) is 5.53. The molecule has 8 heteroatoms. The molecule has 0 unspecified atom stereocenters. The average molecular weight is 378 g/mol. The highest BCUT2D eigenvalue weighted by Crippen LogP contribution is 2.27. The Morgan fingerprint density at radius 1 is 1.30 bits per heavy atom. The van der Waals surface area contributed by atoms with Crippen LogP contribution in [0, 0.1) is 11.8 Å². The number of likely N-dealkylation sites (tertiary alicyclic amines) is 1. The average Bonchev–Trinajstić information content (AvgIpc) is 3.15. The predicted molar refractivity (Wildman–Crippen MR) is 97.6 cm³/mol. The van der Waals surface area contributed by atoms with Crippen LogP contribution in [0.15, 0.2) is 4.52 Å². The van der Waals surface area contributed by atoms with Crippen LogP contribution in [0.3, 0.4) is 0 Å². The predicted octanol–water partition coefficient (Wildman–Crippen LogP) is 1.69. The van der Waals surface area contributed by atoms with E-state index >= 15 is 0 Å². The van der Waals surface area contributed by atoms with Gasteiger partial charge < -0.3 is 19.5 Å². The summed E-state index contributed by atoms with van der Waals surface area (Å²) in [6, 6.07) is 0. The number of amides is 2. The number of hydrogen-bond acceptors (Lipinski definition) is 6. The van der Waals surface area contributed by atoms with Gasteiger partial charge in [-0.05, 0) is 25.2 Å². The molecule has 1 aliphatic heterocycles. The summed E-state index contributed by atoms with van der Waals surface area (Å²) < 4.78 is 10.1. The molecule has 2 aliphatic rings. The standard InChI is InChI=1S/C19H30N4O4/c1-26-10-9-16-21-17(27-22-16)11-20-19(25)15-7-8-18(24)23(13-15)12-14-5-3-2-4-6-14/h14-15H,2-13H2,1H3,(H,20,25)/t15-/m1/s1. The zero-order chi connectivity index (χ0) is 19.1. The minimum absolute atomic E-state index is 0.0483. The molecule has 1 saturated carbocycles. The van der Waals surface area contributed by atoms with Crippen LogP contribution in [0.25, 0.3) is 0 Å². The molecule has 0 radical (unpaired) electrons. The first kappa shape index (κ1) is 19.8. The van der Waals surface area contributed by atoms with Gasteiger partial charge in [0.2, 0.25) is 17.7 Å². The topological polar surface area (TPSA) is 97.6 Å². The lowest BCUT2D eigenvalue weighted by molar-refractivity contribution is -0.139. The highest BCUT2D eigenvalue weighted by Gasteiger charge is 2.31. The van der Waals surface area contributed by atoms with Crippen molar-refractivity contribution >= 4 is 11.8 Å². The van der Waals surface area contributed by atoms with E-state index in [0.29, 0.717) is 50.0 Å². The van der Waals surface area contributed by atoms with Gasteiger partial charge in [-0.2, -0.15) is 4.98 Å². The summed E-state index contributed by atoms with van der Waals surface area (Å²) >= 11 is 0. The Morgan fingerprint density at radius 2 is 2.11 bits per heavy atom. The largest absolute Gasteiger partial charge is 0.384 e. The minimum Gasteiger partial charge on any atom is -0.384 e. The Kier molecular flexibility index (Phi) is 7.20. The molecule has 1 atom stereocenters. The van der Waals surface area contributed by atoms with E-state index in [0.717, 1.165) is 6.54 Å². The minimum atomic E-state index is -0.165. The van der Waals surface area contributed by atoms with Gasteiger partial charge in [-0.25, -0.2) is 0 Å². The highest BCUT2D eigenvalue weighted by atomic mass is 16.5. The van der Waals surface area contributed by atoms with E-state index in [4.69, 9.17) is 9.26 Å². The third kappa shape index (κ3) is 5.76. The summed E-state index contributed by atoms with van der Waals surface area (Å²) in [7, 11) is 1.62. The van der Waals surface area contributed by atoms with Crippen molar-refractivity contribution in [3.05, 3.63) is 11.7 Å². The lowest BCUT2D eigenvalue weighted by Gasteiger charge is -2.35. The van der Waals surface area contributed by atoms with Gasteiger partial charge in [-0.15, -0.1) is 0 Å². The summed E-state index contributed by atoms with van der Waals surface area (Å²) in [4.78, 5) is 30.9. The molecule has 150 valence electrons. The summed E-state index contributed by atoms with van der Waals surface area (Å²) in [5.41, 5.74) is 0. The fourth-order valence-electron chi connectivity index (χ4n) is 3.95. The lowest BCUT2D eigenvalue weighted by Crippen LogP contribution is -2.47. The maximum absolute atomic E-state index is 12.5. The van der Waals surface area contributed by atoms with E-state index in [1.165, 1.54) is 32.1 Å². The number of rotatable bonds is 8. The molecule has 3 rings (SSSR count). The Balaban J connectivity index is 1.46. The van der Waals surface area contributed by atoms with Gasteiger partial charge in [0, 0.05) is 33.0 Å². The molecule has 1 aromatic heterocycles. The summed E-state index contributed by atoms with van der Waals surface area (Å²) in [5.74, 6) is 1.52. The SMILES string of the molecule is COCCc1noc(CNC(=O)[C@@H]2CCC(=O)N(CC3CCCCC3)C2)n1. The summed E-state index contributed by atoms with van der Waals surface area (Å²) in [6.45, 7) is 2.06. The van der Waals surface area contributed by atoms with Crippen LogP contribution in [-0.4, -0.2) is 53.7 Å². The zero-order valence-corrected chi connectivity index (χ0v) is 16.1. The number of nitrogens with one attached hydrogen (secondary N) is 1. The quantitative estimate of drug-likeness (QED) is 0.739. The Bertz CT molecular complexity index is 627. The van der Waals surface area contributed by atoms with E-state index < -0.39 is 0 Å². The van der Waals surface area contributed by atoms with Crippen LogP contribution >= 0.6 is 0 Å². The molecule has 8 nitrogen and oxygen atoms in total. The Hall–Kier alpha value is -1.96. The van der Waals surface area contributed by atoms with Gasteiger partial charge in [0.25, 0.3) is 0 Å². The van der Waals surface area contributed by atoms with Crippen LogP contribution in [0.5, 0.6) is 0 Å². The van der Waals surface area contributed by atoms with Crippen LogP contribution in [0.4, 0.5) is 0 Å². The van der Waals surface area contributed by atoms with E-state index in [1.54, 1.807) is 7.11 Å². The van der Waals surface area contributed by atoms with Crippen molar-refractivity contribution in [3.8, 4) is 0 Å². The summed E-state index contributed by atoms with van der Waals surface area (Å²) in [5, 5.41) is 6.73. The second-order valence-electron chi connectivity index (χ2n) is 7.60. The van der Waals surface area contributed by atoms with Crippen LogP contribution in [-0.2, 0) is 27.3 Å². The molecular formula is C19H30N4O4. The van der Waals surface area contributed by atoms with Gasteiger partial charge in [0.15, 0.2) is 5.82 Å². The first-order valence-electron chi connectivity index (χ1n) is 10.0. The van der Waals surface area contributed by atoms with Gasteiger partial charge in [-0.1, -0.05) is 24.4 Å². The molecule has 2 heterocycles. The van der Waals surface area contributed by atoms with E-state index in [-0.39, 0.29) is 24.3 Å². The van der Waals surface area contributed by atoms with Gasteiger partial charge in [0.05, 0.1) is 19.1 Å². The number of carbonyl (C=O) groups is 2. The van der Waals surface area contributed by atoms with Crippen LogP contribution in [0.1, 0.15) is 56.7 Å². The van der Waals surface area contributed by atoms with Crippen molar-refractivity contribution in [2.75, 3.05) is 26.8 Å².